The lowest BCUT2D eigenvalue weighted by Gasteiger charge is -2.31. The molecule has 17 heavy (non-hydrogen) atoms. The number of rotatable bonds is 1. The molecule has 1 aliphatic rings. The highest BCUT2D eigenvalue weighted by Crippen LogP contribution is 2.29. The summed E-state index contributed by atoms with van der Waals surface area (Å²) in [6.07, 6.45) is 0. The van der Waals surface area contributed by atoms with E-state index in [2.05, 4.69) is 0 Å². The molecule has 2 rings (SSSR count). The van der Waals surface area contributed by atoms with Crippen LogP contribution < -0.4 is 0 Å². The Balaban J connectivity index is 2.43. The summed E-state index contributed by atoms with van der Waals surface area (Å²) in [5, 5.41) is 8.90. The van der Waals surface area contributed by atoms with Gasteiger partial charge in [-0.05, 0) is 38.5 Å². The molecular weight excluding hydrogens is 218 g/mol. The number of amides is 1. The van der Waals surface area contributed by atoms with E-state index >= 15 is 0 Å². The maximum atomic E-state index is 12.2. The minimum absolute atomic E-state index is 0.0874. The monoisotopic (exact) mass is 233 g/mol. The highest BCUT2D eigenvalue weighted by Gasteiger charge is 2.34. The molecule has 4 heteroatoms. The molecule has 90 valence electrons. The number of carbonyl (C=O) groups excluding carboxylic acids is 1. The lowest BCUT2D eigenvalue weighted by molar-refractivity contribution is 0.0609. The van der Waals surface area contributed by atoms with Crippen LogP contribution in [0.25, 0.3) is 0 Å². The van der Waals surface area contributed by atoms with Crippen molar-refractivity contribution in [1.29, 1.82) is 0 Å². The summed E-state index contributed by atoms with van der Waals surface area (Å²) in [5.74, 6) is -1.09. The lowest BCUT2D eigenvalue weighted by atomic mass is 10.1. The van der Waals surface area contributed by atoms with Crippen molar-refractivity contribution in [3.8, 4) is 0 Å². The molecule has 0 atom stereocenters. The number of nitrogens with zero attached hydrogens (tertiary/aromatic N) is 1. The van der Waals surface area contributed by atoms with Crippen LogP contribution in [0.3, 0.4) is 0 Å². The topological polar surface area (TPSA) is 57.6 Å². The molecule has 0 radical (unpaired) electrons. The van der Waals surface area contributed by atoms with Gasteiger partial charge in [-0.15, -0.1) is 0 Å². The number of carboxylic acid groups (broad SMARTS) is 1. The first kappa shape index (κ1) is 11.6. The predicted octanol–water partition coefficient (Wildman–Crippen LogP) is 2.14. The molecule has 0 bridgehead atoms. The number of carboxylic acids is 1. The zero-order valence-electron chi connectivity index (χ0n) is 10.2. The second kappa shape index (κ2) is 3.58. The Morgan fingerprint density at radius 1 is 1.35 bits per heavy atom. The molecule has 0 aliphatic carbocycles. The molecule has 1 N–H and O–H groups in total. The van der Waals surface area contributed by atoms with Crippen LogP contribution in [0.15, 0.2) is 18.2 Å². The minimum Gasteiger partial charge on any atom is -0.478 e. The molecule has 0 aromatic heterocycles. The maximum absolute atomic E-state index is 12.2. The molecule has 4 nitrogen and oxygen atoms in total. The molecule has 1 aromatic carbocycles. The summed E-state index contributed by atoms with van der Waals surface area (Å²) in [7, 11) is 0. The Kier molecular flexibility index (Phi) is 2.45. The van der Waals surface area contributed by atoms with Crippen molar-refractivity contribution in [2.75, 3.05) is 0 Å². The number of carbonyl (C=O) groups is 2. The predicted molar refractivity (Wildman–Crippen MR) is 63.0 cm³/mol. The Morgan fingerprint density at radius 3 is 2.53 bits per heavy atom. The van der Waals surface area contributed by atoms with Crippen molar-refractivity contribution in [3.05, 3.63) is 34.9 Å². The number of benzene rings is 1. The Hall–Kier alpha value is -1.84. The molecule has 1 aliphatic heterocycles. The van der Waals surface area contributed by atoms with Gasteiger partial charge in [-0.1, -0.05) is 6.07 Å². The van der Waals surface area contributed by atoms with Gasteiger partial charge in [0.2, 0.25) is 0 Å². The van der Waals surface area contributed by atoms with E-state index in [1.165, 1.54) is 6.07 Å². The molecule has 1 aromatic rings. The fraction of sp³-hybridized carbons (Fsp3) is 0.385. The van der Waals surface area contributed by atoms with E-state index in [-0.39, 0.29) is 17.0 Å². The van der Waals surface area contributed by atoms with Crippen LogP contribution in [0.1, 0.15) is 47.1 Å². The van der Waals surface area contributed by atoms with Crippen molar-refractivity contribution in [3.63, 3.8) is 0 Å². The van der Waals surface area contributed by atoms with E-state index in [0.717, 1.165) is 5.56 Å². The summed E-state index contributed by atoms with van der Waals surface area (Å²) in [6.45, 7) is 6.45. The number of hydrogen-bond acceptors (Lipinski definition) is 2. The molecule has 0 saturated heterocycles. The third-order valence-electron chi connectivity index (χ3n) is 2.97. The summed E-state index contributed by atoms with van der Waals surface area (Å²) in [4.78, 5) is 24.8. The van der Waals surface area contributed by atoms with Crippen molar-refractivity contribution >= 4 is 11.9 Å². The highest BCUT2D eigenvalue weighted by molar-refractivity contribution is 6.01. The zero-order valence-corrected chi connectivity index (χ0v) is 10.2. The maximum Gasteiger partial charge on any atom is 0.335 e. The first-order chi connectivity index (χ1) is 7.80. The van der Waals surface area contributed by atoms with E-state index in [0.29, 0.717) is 12.1 Å². The smallest absolute Gasteiger partial charge is 0.335 e. The second-order valence-corrected chi connectivity index (χ2v) is 5.24. The summed E-state index contributed by atoms with van der Waals surface area (Å²) in [6, 6.07) is 4.73. The van der Waals surface area contributed by atoms with Crippen LogP contribution in [-0.4, -0.2) is 27.4 Å². The first-order valence-electron chi connectivity index (χ1n) is 5.49. The molecular formula is C13H15NO3. The largest absolute Gasteiger partial charge is 0.478 e. The Labute approximate surface area is 99.9 Å². The van der Waals surface area contributed by atoms with Gasteiger partial charge in [-0.3, -0.25) is 4.79 Å². The summed E-state index contributed by atoms with van der Waals surface area (Å²) < 4.78 is 0. The van der Waals surface area contributed by atoms with Crippen LogP contribution >= 0.6 is 0 Å². The van der Waals surface area contributed by atoms with Crippen LogP contribution in [0.2, 0.25) is 0 Å². The molecule has 0 spiro atoms. The fourth-order valence-electron chi connectivity index (χ4n) is 1.98. The summed E-state index contributed by atoms with van der Waals surface area (Å²) in [5.41, 5.74) is 1.32. The number of fused-ring (bicyclic) bond motifs is 1. The quantitative estimate of drug-likeness (QED) is 0.808. The fourth-order valence-corrected chi connectivity index (χ4v) is 1.98. The average Bonchev–Trinajstić information content (AvgIpc) is 2.55. The van der Waals surface area contributed by atoms with Crippen LogP contribution in [0, 0.1) is 0 Å². The van der Waals surface area contributed by atoms with Crippen molar-refractivity contribution in [2.24, 2.45) is 0 Å². The second-order valence-electron chi connectivity index (χ2n) is 5.24. The Bertz CT molecular complexity index is 500. The normalized spacial score (nSPS) is 15.0. The van der Waals surface area contributed by atoms with E-state index in [9.17, 15) is 9.59 Å². The van der Waals surface area contributed by atoms with Gasteiger partial charge < -0.3 is 10.0 Å². The van der Waals surface area contributed by atoms with Gasteiger partial charge in [-0.25, -0.2) is 4.79 Å². The van der Waals surface area contributed by atoms with Gasteiger partial charge in [-0.2, -0.15) is 0 Å². The zero-order chi connectivity index (χ0) is 12.8. The average molecular weight is 233 g/mol. The van der Waals surface area contributed by atoms with Gasteiger partial charge in [0, 0.05) is 17.6 Å². The van der Waals surface area contributed by atoms with E-state index < -0.39 is 5.97 Å². The van der Waals surface area contributed by atoms with Gasteiger partial charge in [0.05, 0.1) is 5.56 Å². The van der Waals surface area contributed by atoms with Gasteiger partial charge in [0.1, 0.15) is 0 Å². The molecule has 1 amide bonds. The Morgan fingerprint density at radius 2 is 2.00 bits per heavy atom. The molecule has 1 heterocycles. The van der Waals surface area contributed by atoms with Gasteiger partial charge in [0.15, 0.2) is 0 Å². The van der Waals surface area contributed by atoms with E-state index in [1.54, 1.807) is 17.0 Å². The van der Waals surface area contributed by atoms with E-state index in [4.69, 9.17) is 5.11 Å². The van der Waals surface area contributed by atoms with Crippen LogP contribution in [0.4, 0.5) is 0 Å². The standard InChI is InChI=1S/C13H15NO3/c1-13(2,3)14-7-9-5-4-8(12(16)17)6-10(9)11(14)15/h4-6H,7H2,1-3H3,(H,16,17). The minimum atomic E-state index is -1.00. The van der Waals surface area contributed by atoms with E-state index in [1.807, 2.05) is 20.8 Å². The van der Waals surface area contributed by atoms with Crippen LogP contribution in [-0.2, 0) is 6.54 Å². The number of aromatic carboxylic acids is 1. The third-order valence-corrected chi connectivity index (χ3v) is 2.97. The lowest BCUT2D eigenvalue weighted by Crippen LogP contribution is -2.41. The van der Waals surface area contributed by atoms with Gasteiger partial charge >= 0.3 is 5.97 Å². The van der Waals surface area contributed by atoms with Crippen molar-refractivity contribution < 1.29 is 14.7 Å². The SMILES string of the molecule is CC(C)(C)N1Cc2ccc(C(=O)O)cc2C1=O. The summed E-state index contributed by atoms with van der Waals surface area (Å²) >= 11 is 0. The highest BCUT2D eigenvalue weighted by atomic mass is 16.4. The first-order valence-corrected chi connectivity index (χ1v) is 5.49. The van der Waals surface area contributed by atoms with Gasteiger partial charge in [0.25, 0.3) is 5.91 Å². The number of hydrogen-bond donors (Lipinski definition) is 1. The molecule has 0 unspecified atom stereocenters. The molecule has 0 saturated carbocycles. The molecule has 0 fully saturated rings. The van der Waals surface area contributed by atoms with Crippen molar-refractivity contribution in [1.82, 2.24) is 4.90 Å². The van der Waals surface area contributed by atoms with Crippen molar-refractivity contribution in [2.45, 2.75) is 32.9 Å². The third kappa shape index (κ3) is 1.90. The van der Waals surface area contributed by atoms with Crippen LogP contribution in [0.5, 0.6) is 0 Å².